The van der Waals surface area contributed by atoms with Crippen LogP contribution in [0, 0.1) is 13.8 Å². The molecule has 20 heavy (non-hydrogen) atoms. The molecule has 0 fully saturated rings. The van der Waals surface area contributed by atoms with Gasteiger partial charge in [0.1, 0.15) is 6.61 Å². The first kappa shape index (κ1) is 14.9. The number of halogens is 1. The van der Waals surface area contributed by atoms with Crippen LogP contribution in [0.1, 0.15) is 22.3 Å². The van der Waals surface area contributed by atoms with Gasteiger partial charge < -0.3 is 9.47 Å². The molecule has 0 saturated heterocycles. The minimum absolute atomic E-state index is 0.551. The lowest BCUT2D eigenvalue weighted by Gasteiger charge is -2.13. The number of hydrogen-bond donors (Lipinski definition) is 0. The summed E-state index contributed by atoms with van der Waals surface area (Å²) >= 11 is 3.46. The third kappa shape index (κ3) is 3.54. The van der Waals surface area contributed by atoms with E-state index in [0.29, 0.717) is 6.61 Å². The van der Waals surface area contributed by atoms with Crippen molar-refractivity contribution >= 4 is 15.9 Å². The number of alkyl halides is 1. The number of methoxy groups -OCH3 is 1. The highest BCUT2D eigenvalue weighted by Gasteiger charge is 2.07. The third-order valence-electron chi connectivity index (χ3n) is 3.27. The second-order valence-corrected chi connectivity index (χ2v) is 5.40. The van der Waals surface area contributed by atoms with Crippen molar-refractivity contribution < 1.29 is 9.47 Å². The molecule has 0 saturated carbocycles. The Hall–Kier alpha value is -1.48. The van der Waals surface area contributed by atoms with Gasteiger partial charge in [0.05, 0.1) is 7.11 Å². The Balaban J connectivity index is 2.19. The number of hydrogen-bond acceptors (Lipinski definition) is 2. The zero-order valence-electron chi connectivity index (χ0n) is 12.1. The lowest BCUT2D eigenvalue weighted by Crippen LogP contribution is -2.00. The van der Waals surface area contributed by atoms with Crippen molar-refractivity contribution in [3.05, 3.63) is 58.7 Å². The van der Waals surface area contributed by atoms with Gasteiger partial charge in [-0.1, -0.05) is 45.8 Å². The van der Waals surface area contributed by atoms with Crippen molar-refractivity contribution in [1.82, 2.24) is 0 Å². The van der Waals surface area contributed by atoms with Gasteiger partial charge in [-0.25, -0.2) is 0 Å². The SMILES string of the molecule is COc1ccc(CBr)cc1OCc1cc(C)ccc1C. The Bertz CT molecular complexity index is 594. The van der Waals surface area contributed by atoms with E-state index in [4.69, 9.17) is 9.47 Å². The summed E-state index contributed by atoms with van der Waals surface area (Å²) in [6.45, 7) is 4.74. The summed E-state index contributed by atoms with van der Waals surface area (Å²) in [7, 11) is 1.66. The van der Waals surface area contributed by atoms with E-state index in [1.807, 2.05) is 18.2 Å². The standard InChI is InChI=1S/C17H19BrO2/c1-12-4-5-13(2)15(8-12)11-20-17-9-14(10-18)6-7-16(17)19-3/h4-9H,10-11H2,1-3H3. The molecule has 0 amide bonds. The first-order valence-electron chi connectivity index (χ1n) is 6.56. The quantitative estimate of drug-likeness (QED) is 0.732. The molecule has 0 N–H and O–H groups in total. The molecule has 0 heterocycles. The van der Waals surface area contributed by atoms with Crippen LogP contribution >= 0.6 is 15.9 Å². The maximum absolute atomic E-state index is 5.95. The minimum atomic E-state index is 0.551. The summed E-state index contributed by atoms with van der Waals surface area (Å²) in [4.78, 5) is 0. The first-order chi connectivity index (χ1) is 9.63. The summed E-state index contributed by atoms with van der Waals surface area (Å²) < 4.78 is 11.3. The smallest absolute Gasteiger partial charge is 0.161 e. The van der Waals surface area contributed by atoms with Crippen molar-refractivity contribution in [3.63, 3.8) is 0 Å². The van der Waals surface area contributed by atoms with E-state index < -0.39 is 0 Å². The van der Waals surface area contributed by atoms with Crippen LogP contribution in [-0.2, 0) is 11.9 Å². The average Bonchev–Trinajstić information content (AvgIpc) is 2.47. The first-order valence-corrected chi connectivity index (χ1v) is 7.68. The van der Waals surface area contributed by atoms with Crippen LogP contribution in [0.15, 0.2) is 36.4 Å². The number of aryl methyl sites for hydroxylation is 2. The van der Waals surface area contributed by atoms with Crippen LogP contribution < -0.4 is 9.47 Å². The van der Waals surface area contributed by atoms with Gasteiger partial charge >= 0.3 is 0 Å². The van der Waals surface area contributed by atoms with Crippen molar-refractivity contribution in [2.24, 2.45) is 0 Å². The van der Waals surface area contributed by atoms with Gasteiger partial charge in [-0.15, -0.1) is 0 Å². The van der Waals surface area contributed by atoms with Gasteiger partial charge in [-0.05, 0) is 42.7 Å². The van der Waals surface area contributed by atoms with E-state index in [-0.39, 0.29) is 0 Å². The monoisotopic (exact) mass is 334 g/mol. The maximum atomic E-state index is 5.95. The molecular formula is C17H19BrO2. The highest BCUT2D eigenvalue weighted by molar-refractivity contribution is 9.08. The predicted octanol–water partition coefficient (Wildman–Crippen LogP) is 4.79. The van der Waals surface area contributed by atoms with Crippen LogP contribution in [-0.4, -0.2) is 7.11 Å². The van der Waals surface area contributed by atoms with Crippen molar-refractivity contribution in [2.75, 3.05) is 7.11 Å². The Labute approximate surface area is 128 Å². The van der Waals surface area contributed by atoms with Gasteiger partial charge in [0, 0.05) is 5.33 Å². The highest BCUT2D eigenvalue weighted by atomic mass is 79.9. The Morgan fingerprint density at radius 1 is 1.00 bits per heavy atom. The number of rotatable bonds is 5. The van der Waals surface area contributed by atoms with Gasteiger partial charge in [-0.3, -0.25) is 0 Å². The molecule has 2 aromatic carbocycles. The molecule has 0 aromatic heterocycles. The molecule has 0 atom stereocenters. The zero-order valence-corrected chi connectivity index (χ0v) is 13.7. The van der Waals surface area contributed by atoms with Gasteiger partial charge in [0.2, 0.25) is 0 Å². The predicted molar refractivity (Wildman–Crippen MR) is 85.9 cm³/mol. The van der Waals surface area contributed by atoms with Crippen LogP contribution in [0.4, 0.5) is 0 Å². The Morgan fingerprint density at radius 3 is 2.50 bits per heavy atom. The van der Waals surface area contributed by atoms with E-state index >= 15 is 0 Å². The zero-order chi connectivity index (χ0) is 14.5. The summed E-state index contributed by atoms with van der Waals surface area (Å²) in [5.41, 5.74) is 4.86. The highest BCUT2D eigenvalue weighted by Crippen LogP contribution is 2.30. The van der Waals surface area contributed by atoms with Gasteiger partial charge in [0.25, 0.3) is 0 Å². The molecule has 2 aromatic rings. The summed E-state index contributed by atoms with van der Waals surface area (Å²) in [5.74, 6) is 1.55. The van der Waals surface area contributed by atoms with Crippen LogP contribution in [0.25, 0.3) is 0 Å². The van der Waals surface area contributed by atoms with Crippen LogP contribution in [0.2, 0.25) is 0 Å². The van der Waals surface area contributed by atoms with E-state index in [9.17, 15) is 0 Å². The molecule has 0 radical (unpaired) electrons. The molecule has 0 aliphatic carbocycles. The lowest BCUT2D eigenvalue weighted by atomic mass is 10.1. The topological polar surface area (TPSA) is 18.5 Å². The van der Waals surface area contributed by atoms with E-state index in [1.54, 1.807) is 7.11 Å². The lowest BCUT2D eigenvalue weighted by molar-refractivity contribution is 0.283. The average molecular weight is 335 g/mol. The summed E-state index contributed by atoms with van der Waals surface area (Å²) in [6, 6.07) is 12.4. The number of benzene rings is 2. The van der Waals surface area contributed by atoms with E-state index in [1.165, 1.54) is 22.3 Å². The molecule has 0 aliphatic rings. The van der Waals surface area contributed by atoms with Crippen LogP contribution in [0.5, 0.6) is 11.5 Å². The third-order valence-corrected chi connectivity index (χ3v) is 3.92. The Kier molecular flexibility index (Phi) is 5.07. The fourth-order valence-electron chi connectivity index (χ4n) is 2.03. The minimum Gasteiger partial charge on any atom is -0.493 e. The van der Waals surface area contributed by atoms with Crippen molar-refractivity contribution in [3.8, 4) is 11.5 Å². The fraction of sp³-hybridized carbons (Fsp3) is 0.294. The van der Waals surface area contributed by atoms with Gasteiger partial charge in [-0.2, -0.15) is 0 Å². The molecule has 106 valence electrons. The number of ether oxygens (including phenoxy) is 2. The van der Waals surface area contributed by atoms with Gasteiger partial charge in [0.15, 0.2) is 11.5 Å². The molecule has 2 nitrogen and oxygen atoms in total. The molecule has 0 aliphatic heterocycles. The summed E-state index contributed by atoms with van der Waals surface area (Å²) in [5, 5.41) is 0.802. The van der Waals surface area contributed by atoms with E-state index in [2.05, 4.69) is 48.0 Å². The molecule has 0 unspecified atom stereocenters. The molecule has 3 heteroatoms. The molecule has 0 spiro atoms. The second-order valence-electron chi connectivity index (χ2n) is 4.84. The van der Waals surface area contributed by atoms with Crippen molar-refractivity contribution in [2.45, 2.75) is 25.8 Å². The second kappa shape index (κ2) is 6.80. The van der Waals surface area contributed by atoms with Crippen molar-refractivity contribution in [1.29, 1.82) is 0 Å². The maximum Gasteiger partial charge on any atom is 0.161 e. The summed E-state index contributed by atoms with van der Waals surface area (Å²) in [6.07, 6.45) is 0. The Morgan fingerprint density at radius 2 is 1.80 bits per heavy atom. The molecule has 2 rings (SSSR count). The normalized spacial score (nSPS) is 10.4. The van der Waals surface area contributed by atoms with Crippen LogP contribution in [0.3, 0.4) is 0 Å². The molecule has 0 bridgehead atoms. The largest absolute Gasteiger partial charge is 0.493 e. The fourth-order valence-corrected chi connectivity index (χ4v) is 2.38. The van der Waals surface area contributed by atoms with E-state index in [0.717, 1.165) is 16.8 Å². The molecular weight excluding hydrogens is 316 g/mol.